The normalized spacial score (nSPS) is 11.6. The van der Waals surface area contributed by atoms with Gasteiger partial charge < -0.3 is 10.2 Å². The van der Waals surface area contributed by atoms with Crippen LogP contribution in [0.25, 0.3) is 0 Å². The summed E-state index contributed by atoms with van der Waals surface area (Å²) in [5.74, 6) is 0.737. The van der Waals surface area contributed by atoms with Crippen molar-refractivity contribution in [3.05, 3.63) is 47.9 Å². The maximum Gasteiger partial charge on any atom is 0.242 e. The van der Waals surface area contributed by atoms with Crippen LogP contribution >= 0.6 is 0 Å². The number of nitrogens with one attached hydrogen (secondary N) is 1. The molecule has 0 fully saturated rings. The minimum atomic E-state index is -3.59. The zero-order valence-corrected chi connectivity index (χ0v) is 11.4. The SMILES string of the molecule is Cc1cccc(N)c1S(=O)(=O)NCCc1ccco1. The molecule has 19 heavy (non-hydrogen) atoms. The standard InChI is InChI=1S/C13H16N2O3S/c1-10-4-2-6-12(14)13(10)19(16,17)15-8-7-11-5-3-9-18-11/h2-6,9,15H,7-8,14H2,1H3. The minimum absolute atomic E-state index is 0.148. The van der Waals surface area contributed by atoms with Gasteiger partial charge in [-0.1, -0.05) is 12.1 Å². The molecule has 0 radical (unpaired) electrons. The van der Waals surface area contributed by atoms with Crippen LogP contribution in [0.3, 0.4) is 0 Å². The largest absolute Gasteiger partial charge is 0.469 e. The highest BCUT2D eigenvalue weighted by atomic mass is 32.2. The summed E-state index contributed by atoms with van der Waals surface area (Å²) in [6.07, 6.45) is 2.06. The average Bonchev–Trinajstić information content (AvgIpc) is 2.81. The third-order valence-electron chi connectivity index (χ3n) is 2.75. The number of nitrogens with two attached hydrogens (primary N) is 1. The first-order valence-electron chi connectivity index (χ1n) is 5.88. The van der Waals surface area contributed by atoms with E-state index in [1.54, 1.807) is 43.5 Å². The predicted molar refractivity (Wildman–Crippen MR) is 73.2 cm³/mol. The average molecular weight is 280 g/mol. The molecule has 102 valence electrons. The molecule has 2 aromatic rings. The zero-order chi connectivity index (χ0) is 13.9. The van der Waals surface area contributed by atoms with Crippen LogP contribution in [0.15, 0.2) is 45.9 Å². The Balaban J connectivity index is 2.10. The van der Waals surface area contributed by atoms with E-state index >= 15 is 0 Å². The molecule has 1 aromatic heterocycles. The van der Waals surface area contributed by atoms with Gasteiger partial charge in [-0.2, -0.15) is 0 Å². The molecule has 0 aliphatic carbocycles. The lowest BCUT2D eigenvalue weighted by Crippen LogP contribution is -2.27. The second kappa shape index (κ2) is 5.46. The van der Waals surface area contributed by atoms with Gasteiger partial charge in [-0.15, -0.1) is 0 Å². The van der Waals surface area contributed by atoms with Crippen molar-refractivity contribution in [2.45, 2.75) is 18.2 Å². The van der Waals surface area contributed by atoms with E-state index in [-0.39, 0.29) is 17.1 Å². The first-order valence-corrected chi connectivity index (χ1v) is 7.36. The second-order valence-corrected chi connectivity index (χ2v) is 5.92. The molecule has 0 spiro atoms. The fraction of sp³-hybridized carbons (Fsp3) is 0.231. The quantitative estimate of drug-likeness (QED) is 0.816. The number of benzene rings is 1. The molecule has 0 aliphatic heterocycles. The van der Waals surface area contributed by atoms with Gasteiger partial charge in [0.1, 0.15) is 10.7 Å². The van der Waals surface area contributed by atoms with Crippen molar-refractivity contribution < 1.29 is 12.8 Å². The van der Waals surface area contributed by atoms with Crippen molar-refractivity contribution in [1.29, 1.82) is 0 Å². The van der Waals surface area contributed by atoms with Gasteiger partial charge in [0.2, 0.25) is 10.0 Å². The molecule has 0 amide bonds. The molecular formula is C13H16N2O3S. The monoisotopic (exact) mass is 280 g/mol. The number of hydrogen-bond donors (Lipinski definition) is 2. The molecule has 6 heteroatoms. The number of aryl methyl sites for hydroxylation is 1. The first kappa shape index (κ1) is 13.6. The molecule has 0 unspecified atom stereocenters. The van der Waals surface area contributed by atoms with Crippen molar-refractivity contribution >= 4 is 15.7 Å². The van der Waals surface area contributed by atoms with Crippen LogP contribution in [0, 0.1) is 6.92 Å². The Morgan fingerprint density at radius 2 is 2.05 bits per heavy atom. The summed E-state index contributed by atoms with van der Waals surface area (Å²) in [5, 5.41) is 0. The summed E-state index contributed by atoms with van der Waals surface area (Å²) < 4.78 is 32.0. The lowest BCUT2D eigenvalue weighted by molar-refractivity contribution is 0.506. The fourth-order valence-corrected chi connectivity index (χ4v) is 3.26. The van der Waals surface area contributed by atoms with Gasteiger partial charge in [-0.05, 0) is 30.7 Å². The van der Waals surface area contributed by atoms with Crippen molar-refractivity contribution in [3.63, 3.8) is 0 Å². The van der Waals surface area contributed by atoms with Gasteiger partial charge in [0.05, 0.1) is 12.0 Å². The lowest BCUT2D eigenvalue weighted by Gasteiger charge is -2.11. The maximum absolute atomic E-state index is 12.2. The van der Waals surface area contributed by atoms with Crippen molar-refractivity contribution in [2.24, 2.45) is 0 Å². The first-order chi connectivity index (χ1) is 9.00. The maximum atomic E-state index is 12.2. The van der Waals surface area contributed by atoms with E-state index in [9.17, 15) is 8.42 Å². The van der Waals surface area contributed by atoms with Gasteiger partial charge in [0, 0.05) is 13.0 Å². The summed E-state index contributed by atoms with van der Waals surface area (Å²) in [6, 6.07) is 8.59. The van der Waals surface area contributed by atoms with Crippen molar-refractivity contribution in [2.75, 3.05) is 12.3 Å². The topological polar surface area (TPSA) is 85.3 Å². The van der Waals surface area contributed by atoms with Crippen LogP contribution in [0.1, 0.15) is 11.3 Å². The number of anilines is 1. The summed E-state index contributed by atoms with van der Waals surface area (Å²) in [7, 11) is -3.59. The third kappa shape index (κ3) is 3.15. The fourth-order valence-electron chi connectivity index (χ4n) is 1.88. The van der Waals surface area contributed by atoms with E-state index in [4.69, 9.17) is 10.2 Å². The molecule has 2 rings (SSSR count). The van der Waals surface area contributed by atoms with E-state index < -0.39 is 10.0 Å². The Morgan fingerprint density at radius 3 is 2.68 bits per heavy atom. The summed E-state index contributed by atoms with van der Waals surface area (Å²) in [5.41, 5.74) is 6.62. The van der Waals surface area contributed by atoms with Crippen LogP contribution in [-0.4, -0.2) is 15.0 Å². The Kier molecular flexibility index (Phi) is 3.92. The predicted octanol–water partition coefficient (Wildman–Crippen LogP) is 1.69. The molecule has 0 aliphatic rings. The third-order valence-corrected chi connectivity index (χ3v) is 4.43. The van der Waals surface area contributed by atoms with Crippen LogP contribution in [0.2, 0.25) is 0 Å². The number of rotatable bonds is 5. The molecule has 3 N–H and O–H groups in total. The number of hydrogen-bond acceptors (Lipinski definition) is 4. The van der Waals surface area contributed by atoms with Crippen molar-refractivity contribution in [3.8, 4) is 0 Å². The minimum Gasteiger partial charge on any atom is -0.469 e. The highest BCUT2D eigenvalue weighted by Crippen LogP contribution is 2.21. The lowest BCUT2D eigenvalue weighted by atomic mass is 10.2. The molecule has 1 heterocycles. The van der Waals surface area contributed by atoms with Crippen LogP contribution in [0.4, 0.5) is 5.69 Å². The van der Waals surface area contributed by atoms with Crippen LogP contribution in [0.5, 0.6) is 0 Å². The van der Waals surface area contributed by atoms with Gasteiger partial charge >= 0.3 is 0 Å². The molecule has 1 aromatic carbocycles. The Bertz CT molecular complexity index is 628. The van der Waals surface area contributed by atoms with Gasteiger partial charge in [0.25, 0.3) is 0 Å². The summed E-state index contributed by atoms with van der Waals surface area (Å²) in [4.78, 5) is 0.148. The van der Waals surface area contributed by atoms with E-state index in [1.807, 2.05) is 0 Å². The zero-order valence-electron chi connectivity index (χ0n) is 10.6. The molecule has 0 bridgehead atoms. The van der Waals surface area contributed by atoms with E-state index in [2.05, 4.69) is 4.72 Å². The molecule has 5 nitrogen and oxygen atoms in total. The number of sulfonamides is 1. The van der Waals surface area contributed by atoms with Crippen molar-refractivity contribution in [1.82, 2.24) is 4.72 Å². The van der Waals surface area contributed by atoms with E-state index in [0.29, 0.717) is 12.0 Å². The Labute approximate surface area is 112 Å². The second-order valence-electron chi connectivity index (χ2n) is 4.22. The Morgan fingerprint density at radius 1 is 1.26 bits per heavy atom. The highest BCUT2D eigenvalue weighted by Gasteiger charge is 2.19. The molecule has 0 atom stereocenters. The van der Waals surface area contributed by atoms with Gasteiger partial charge in [0.15, 0.2) is 0 Å². The smallest absolute Gasteiger partial charge is 0.242 e. The summed E-state index contributed by atoms with van der Waals surface area (Å²) >= 11 is 0. The molecule has 0 saturated heterocycles. The van der Waals surface area contributed by atoms with E-state index in [0.717, 1.165) is 5.76 Å². The van der Waals surface area contributed by atoms with Gasteiger partial charge in [-0.25, -0.2) is 13.1 Å². The number of furan rings is 1. The molecule has 0 saturated carbocycles. The highest BCUT2D eigenvalue weighted by molar-refractivity contribution is 7.89. The van der Waals surface area contributed by atoms with Crippen LogP contribution in [-0.2, 0) is 16.4 Å². The van der Waals surface area contributed by atoms with E-state index in [1.165, 1.54) is 0 Å². The Hall–Kier alpha value is -1.79. The van der Waals surface area contributed by atoms with Crippen LogP contribution < -0.4 is 10.5 Å². The molecular weight excluding hydrogens is 264 g/mol. The summed E-state index contributed by atoms with van der Waals surface area (Å²) in [6.45, 7) is 1.99. The van der Waals surface area contributed by atoms with Gasteiger partial charge in [-0.3, -0.25) is 0 Å². The number of nitrogen functional groups attached to an aromatic ring is 1.